The molecule has 2 heteroatoms. The summed E-state index contributed by atoms with van der Waals surface area (Å²) in [6.07, 6.45) is 4.13. The number of rotatable bonds is 6. The van der Waals surface area contributed by atoms with E-state index in [4.69, 9.17) is 0 Å². The van der Waals surface area contributed by atoms with Crippen LogP contribution in [0.15, 0.2) is 0 Å². The molecule has 0 bridgehead atoms. The highest BCUT2D eigenvalue weighted by Gasteiger charge is 2.34. The zero-order valence-corrected chi connectivity index (χ0v) is 11.8. The van der Waals surface area contributed by atoms with Crippen molar-refractivity contribution in [1.29, 1.82) is 0 Å². The summed E-state index contributed by atoms with van der Waals surface area (Å²) >= 11 is 0. The number of hydrogen-bond donors (Lipinski definition) is 1. The molecule has 0 aliphatic heterocycles. The first-order chi connectivity index (χ1) is 7.51. The summed E-state index contributed by atoms with van der Waals surface area (Å²) in [5.41, 5.74) is 0.503. The van der Waals surface area contributed by atoms with Gasteiger partial charge in [-0.1, -0.05) is 34.1 Å². The second-order valence-corrected chi connectivity index (χ2v) is 5.91. The molecule has 1 N–H and O–H groups in total. The third-order valence-electron chi connectivity index (χ3n) is 4.35. The van der Waals surface area contributed by atoms with Gasteiger partial charge in [-0.05, 0) is 38.3 Å². The van der Waals surface area contributed by atoms with Crippen LogP contribution in [-0.2, 0) is 0 Å². The first-order valence-electron chi connectivity index (χ1n) is 6.98. The topological polar surface area (TPSA) is 15.3 Å². The molecule has 2 unspecified atom stereocenters. The lowest BCUT2D eigenvalue weighted by atomic mass is 9.87. The largest absolute Gasteiger partial charge is 0.312 e. The van der Waals surface area contributed by atoms with Crippen molar-refractivity contribution < 1.29 is 0 Å². The zero-order chi connectivity index (χ0) is 12.2. The first-order valence-corrected chi connectivity index (χ1v) is 6.98. The summed E-state index contributed by atoms with van der Waals surface area (Å²) in [6, 6.07) is 1.39. The van der Waals surface area contributed by atoms with Gasteiger partial charge >= 0.3 is 0 Å². The van der Waals surface area contributed by atoms with Gasteiger partial charge in [0.15, 0.2) is 0 Å². The van der Waals surface area contributed by atoms with Crippen molar-refractivity contribution in [3.63, 3.8) is 0 Å². The van der Waals surface area contributed by atoms with Gasteiger partial charge in [0.2, 0.25) is 0 Å². The van der Waals surface area contributed by atoms with Crippen molar-refractivity contribution in [2.45, 2.75) is 66.0 Å². The van der Waals surface area contributed by atoms with E-state index >= 15 is 0 Å². The number of likely N-dealkylation sites (N-methyl/N-ethyl adjacent to an activating group) is 1. The maximum Gasteiger partial charge on any atom is 0.0192 e. The minimum atomic E-state index is 0.503. The Balaban J connectivity index is 2.33. The van der Waals surface area contributed by atoms with Gasteiger partial charge in [-0.3, -0.25) is 4.90 Å². The van der Waals surface area contributed by atoms with Crippen molar-refractivity contribution in [1.82, 2.24) is 10.2 Å². The summed E-state index contributed by atoms with van der Waals surface area (Å²) in [6.45, 7) is 15.1. The summed E-state index contributed by atoms with van der Waals surface area (Å²) in [5, 5.41) is 3.78. The molecule has 0 aromatic rings. The molecule has 0 spiro atoms. The van der Waals surface area contributed by atoms with Crippen molar-refractivity contribution >= 4 is 0 Å². The Morgan fingerprint density at radius 3 is 2.38 bits per heavy atom. The molecule has 0 saturated heterocycles. The highest BCUT2D eigenvalue weighted by molar-refractivity contribution is 4.90. The van der Waals surface area contributed by atoms with Gasteiger partial charge < -0.3 is 5.32 Å². The average molecular weight is 226 g/mol. The lowest BCUT2D eigenvalue weighted by Gasteiger charge is -2.32. The van der Waals surface area contributed by atoms with E-state index in [0.29, 0.717) is 11.5 Å². The maximum atomic E-state index is 3.78. The van der Waals surface area contributed by atoms with E-state index in [-0.39, 0.29) is 0 Å². The van der Waals surface area contributed by atoms with Crippen LogP contribution in [0, 0.1) is 5.41 Å². The molecule has 1 fully saturated rings. The van der Waals surface area contributed by atoms with Crippen molar-refractivity contribution in [3.8, 4) is 0 Å². The van der Waals surface area contributed by atoms with Crippen LogP contribution in [-0.4, -0.2) is 36.6 Å². The van der Waals surface area contributed by atoms with Gasteiger partial charge in [-0.15, -0.1) is 0 Å². The second-order valence-electron chi connectivity index (χ2n) is 5.91. The van der Waals surface area contributed by atoms with E-state index in [1.165, 1.54) is 19.3 Å². The van der Waals surface area contributed by atoms with Crippen LogP contribution in [0.2, 0.25) is 0 Å². The summed E-state index contributed by atoms with van der Waals surface area (Å²) in [7, 11) is 0. The third-order valence-corrected chi connectivity index (χ3v) is 4.35. The Morgan fingerprint density at radius 2 is 1.94 bits per heavy atom. The molecule has 2 atom stereocenters. The fourth-order valence-electron chi connectivity index (χ4n) is 2.99. The normalized spacial score (nSPS) is 26.2. The van der Waals surface area contributed by atoms with Gasteiger partial charge in [0.05, 0.1) is 0 Å². The zero-order valence-electron chi connectivity index (χ0n) is 11.8. The lowest BCUT2D eigenvalue weighted by molar-refractivity contribution is 0.203. The highest BCUT2D eigenvalue weighted by atomic mass is 15.2. The molecule has 0 aromatic heterocycles. The van der Waals surface area contributed by atoms with Gasteiger partial charge in [-0.2, -0.15) is 0 Å². The number of hydrogen-bond acceptors (Lipinski definition) is 2. The van der Waals surface area contributed by atoms with E-state index in [1.807, 2.05) is 0 Å². The lowest BCUT2D eigenvalue weighted by Crippen LogP contribution is -2.46. The first kappa shape index (κ1) is 14.0. The van der Waals surface area contributed by atoms with Crippen LogP contribution < -0.4 is 5.32 Å². The van der Waals surface area contributed by atoms with Crippen molar-refractivity contribution in [2.24, 2.45) is 5.41 Å². The molecule has 16 heavy (non-hydrogen) atoms. The fraction of sp³-hybridized carbons (Fsp3) is 1.00. The van der Waals surface area contributed by atoms with Crippen LogP contribution in [0.4, 0.5) is 0 Å². The minimum Gasteiger partial charge on any atom is -0.312 e. The quantitative estimate of drug-likeness (QED) is 0.749. The molecule has 1 aliphatic rings. The van der Waals surface area contributed by atoms with Gasteiger partial charge in [-0.25, -0.2) is 0 Å². The fourth-order valence-corrected chi connectivity index (χ4v) is 2.99. The van der Waals surface area contributed by atoms with E-state index in [9.17, 15) is 0 Å². The Kier molecular flexibility index (Phi) is 5.26. The molecule has 1 saturated carbocycles. The Morgan fingerprint density at radius 1 is 1.31 bits per heavy atom. The van der Waals surface area contributed by atoms with Gasteiger partial charge in [0.25, 0.3) is 0 Å². The van der Waals surface area contributed by atoms with Crippen LogP contribution in [0.1, 0.15) is 53.9 Å². The monoisotopic (exact) mass is 226 g/mol. The molecular formula is C14H30N2. The van der Waals surface area contributed by atoms with E-state index < -0.39 is 0 Å². The molecule has 2 nitrogen and oxygen atoms in total. The van der Waals surface area contributed by atoms with E-state index in [0.717, 1.165) is 25.7 Å². The second kappa shape index (κ2) is 6.02. The number of nitrogens with zero attached hydrogens (tertiary/aromatic N) is 1. The molecule has 1 rings (SSSR count). The molecule has 0 radical (unpaired) electrons. The van der Waals surface area contributed by atoms with Gasteiger partial charge in [0.1, 0.15) is 0 Å². The van der Waals surface area contributed by atoms with Crippen LogP contribution in [0.25, 0.3) is 0 Å². The third kappa shape index (κ3) is 3.46. The smallest absolute Gasteiger partial charge is 0.0192 e. The standard InChI is InChI=1S/C14H30N2/c1-6-16(7-2)12(3)11-15-13-9-8-10-14(13,4)5/h12-13,15H,6-11H2,1-5H3. The van der Waals surface area contributed by atoms with Crippen molar-refractivity contribution in [3.05, 3.63) is 0 Å². The molecule has 0 heterocycles. The van der Waals surface area contributed by atoms with Crippen LogP contribution in [0.5, 0.6) is 0 Å². The van der Waals surface area contributed by atoms with E-state index in [1.54, 1.807) is 0 Å². The average Bonchev–Trinajstić information content (AvgIpc) is 2.56. The SMILES string of the molecule is CCN(CC)C(C)CNC1CCCC1(C)C. The minimum absolute atomic E-state index is 0.503. The predicted octanol–water partition coefficient (Wildman–Crippen LogP) is 2.89. The van der Waals surface area contributed by atoms with Gasteiger partial charge in [0, 0.05) is 18.6 Å². The van der Waals surface area contributed by atoms with Crippen molar-refractivity contribution in [2.75, 3.05) is 19.6 Å². The van der Waals surface area contributed by atoms with Crippen LogP contribution >= 0.6 is 0 Å². The Bertz CT molecular complexity index is 197. The Hall–Kier alpha value is -0.0800. The molecule has 0 amide bonds. The summed E-state index contributed by atoms with van der Waals surface area (Å²) < 4.78 is 0. The number of nitrogens with one attached hydrogen (secondary N) is 1. The van der Waals surface area contributed by atoms with Crippen LogP contribution in [0.3, 0.4) is 0 Å². The Labute approximate surface area is 102 Å². The van der Waals surface area contributed by atoms with E-state index in [2.05, 4.69) is 44.8 Å². The predicted molar refractivity (Wildman–Crippen MR) is 71.8 cm³/mol. The maximum absolute atomic E-state index is 3.78. The summed E-state index contributed by atoms with van der Waals surface area (Å²) in [4.78, 5) is 2.52. The highest BCUT2D eigenvalue weighted by Crippen LogP contribution is 2.37. The molecule has 1 aliphatic carbocycles. The molecule has 0 aromatic carbocycles. The molecular weight excluding hydrogens is 196 g/mol. The molecule has 96 valence electrons. The summed E-state index contributed by atoms with van der Waals surface area (Å²) in [5.74, 6) is 0.